The van der Waals surface area contributed by atoms with Crippen LogP contribution in [-0.2, 0) is 0 Å². The molecule has 0 aromatic carbocycles. The summed E-state index contributed by atoms with van der Waals surface area (Å²) in [6.07, 6.45) is 5.11. The van der Waals surface area contributed by atoms with E-state index in [0.29, 0.717) is 6.42 Å². The van der Waals surface area contributed by atoms with E-state index >= 15 is 0 Å². The van der Waals surface area contributed by atoms with Crippen LogP contribution < -0.4 is 0 Å². The van der Waals surface area contributed by atoms with Crippen molar-refractivity contribution < 1.29 is 7.85 Å². The standard InChI is InChI=1S/C9H18O/c1-2-3-4-5-6-7-8-9-10/h7-8,10H,2-6,9H2,1H3/b8-7+/i7D,8D. The van der Waals surface area contributed by atoms with E-state index in [-0.39, 0.29) is 18.7 Å². The third-order valence-electron chi connectivity index (χ3n) is 1.36. The van der Waals surface area contributed by atoms with E-state index in [4.69, 9.17) is 7.85 Å². The molecule has 0 unspecified atom stereocenters. The molecule has 0 aliphatic heterocycles. The summed E-state index contributed by atoms with van der Waals surface area (Å²) < 4.78 is 14.5. The van der Waals surface area contributed by atoms with E-state index < -0.39 is 0 Å². The molecule has 0 saturated carbocycles. The summed E-state index contributed by atoms with van der Waals surface area (Å²) >= 11 is 0. The van der Waals surface area contributed by atoms with Gasteiger partial charge in [-0.15, -0.1) is 0 Å². The number of hydrogen-bond acceptors (Lipinski definition) is 1. The number of allylic oxidation sites excluding steroid dienone is 1. The Labute approximate surface area is 66.6 Å². The van der Waals surface area contributed by atoms with Gasteiger partial charge in [0.15, 0.2) is 0 Å². The van der Waals surface area contributed by atoms with Crippen LogP contribution in [0, 0.1) is 0 Å². The Hall–Kier alpha value is -0.300. The quantitative estimate of drug-likeness (QED) is 0.448. The van der Waals surface area contributed by atoms with Crippen molar-refractivity contribution in [2.75, 3.05) is 6.61 Å². The van der Waals surface area contributed by atoms with Gasteiger partial charge in [-0.2, -0.15) is 0 Å². The second-order valence-electron chi connectivity index (χ2n) is 2.32. The summed E-state index contributed by atoms with van der Waals surface area (Å²) in [5, 5.41) is 8.54. The van der Waals surface area contributed by atoms with Crippen LogP contribution >= 0.6 is 0 Å². The van der Waals surface area contributed by atoms with Crippen molar-refractivity contribution >= 4 is 0 Å². The molecule has 0 bridgehead atoms. The van der Waals surface area contributed by atoms with Crippen LogP contribution in [0.5, 0.6) is 0 Å². The van der Waals surface area contributed by atoms with Crippen LogP contribution in [0.25, 0.3) is 0 Å². The Bertz CT molecular complexity index is 143. The molecule has 0 aromatic rings. The lowest BCUT2D eigenvalue weighted by molar-refractivity contribution is 0.342. The van der Waals surface area contributed by atoms with Gasteiger partial charge in [0, 0.05) is 0 Å². The molecule has 0 aliphatic rings. The van der Waals surface area contributed by atoms with Crippen LogP contribution in [0.2, 0.25) is 0 Å². The highest BCUT2D eigenvalue weighted by Crippen LogP contribution is 2.02. The molecule has 60 valence electrons. The lowest BCUT2D eigenvalue weighted by Gasteiger charge is -1.92. The molecular weight excluding hydrogens is 124 g/mol. The third kappa shape index (κ3) is 7.70. The molecule has 0 spiro atoms. The van der Waals surface area contributed by atoms with Gasteiger partial charge in [0.2, 0.25) is 0 Å². The molecule has 0 heterocycles. The summed E-state index contributed by atoms with van der Waals surface area (Å²) in [5.41, 5.74) is 0. The first-order valence-electron chi connectivity index (χ1n) is 4.98. The fraction of sp³-hybridized carbons (Fsp3) is 0.778. The van der Waals surface area contributed by atoms with E-state index in [0.717, 1.165) is 12.8 Å². The molecule has 1 heteroatoms. The van der Waals surface area contributed by atoms with Crippen molar-refractivity contribution in [3.8, 4) is 0 Å². The van der Waals surface area contributed by atoms with Crippen molar-refractivity contribution in [2.24, 2.45) is 0 Å². The molecular formula is C9H18O. The molecule has 1 N–H and O–H groups in total. The zero-order valence-electron chi connectivity index (χ0n) is 8.69. The Morgan fingerprint density at radius 3 is 2.70 bits per heavy atom. The first-order valence-corrected chi connectivity index (χ1v) is 3.98. The van der Waals surface area contributed by atoms with Gasteiger partial charge in [-0.3, -0.25) is 0 Å². The normalized spacial score (nSPS) is 15.8. The van der Waals surface area contributed by atoms with E-state index in [1.54, 1.807) is 0 Å². The van der Waals surface area contributed by atoms with Crippen molar-refractivity contribution in [3.63, 3.8) is 0 Å². The van der Waals surface area contributed by atoms with Gasteiger partial charge < -0.3 is 5.11 Å². The maximum Gasteiger partial charge on any atom is 0.0612 e. The van der Waals surface area contributed by atoms with E-state index in [9.17, 15) is 0 Å². The van der Waals surface area contributed by atoms with Gasteiger partial charge in [-0.1, -0.05) is 38.3 Å². The number of aliphatic hydroxyl groups is 1. The minimum absolute atomic E-state index is 0.0616. The SMILES string of the molecule is [2H]/C(CO)=C(/[2H])CCCCCC. The van der Waals surface area contributed by atoms with E-state index in [2.05, 4.69) is 6.92 Å². The second-order valence-corrected chi connectivity index (χ2v) is 2.32. The minimum Gasteiger partial charge on any atom is -0.392 e. The lowest BCUT2D eigenvalue weighted by Crippen LogP contribution is -1.75. The fourth-order valence-corrected chi connectivity index (χ4v) is 0.784. The summed E-state index contributed by atoms with van der Waals surface area (Å²) in [6, 6.07) is 0.347. The number of unbranched alkanes of at least 4 members (excludes halogenated alkanes) is 3. The predicted octanol–water partition coefficient (Wildman–Crippen LogP) is 2.51. The molecule has 0 saturated heterocycles. The molecule has 10 heavy (non-hydrogen) atoms. The Balaban J connectivity index is 3.49. The van der Waals surface area contributed by atoms with Crippen molar-refractivity contribution in [2.45, 2.75) is 39.0 Å². The average Bonchev–Trinajstić information content (AvgIpc) is 2.10. The minimum atomic E-state index is -0.299. The molecule has 1 nitrogen and oxygen atoms in total. The molecule has 0 fully saturated rings. The van der Waals surface area contributed by atoms with Crippen LogP contribution in [-0.4, -0.2) is 11.7 Å². The van der Waals surface area contributed by atoms with Crippen LogP contribution in [0.1, 0.15) is 41.8 Å². The highest BCUT2D eigenvalue weighted by molar-refractivity contribution is 4.80. The van der Waals surface area contributed by atoms with E-state index in [1.807, 2.05) is 0 Å². The Kier molecular flexibility index (Phi) is 5.58. The topological polar surface area (TPSA) is 20.2 Å². The first-order chi connectivity index (χ1) is 5.72. The largest absolute Gasteiger partial charge is 0.392 e. The smallest absolute Gasteiger partial charge is 0.0612 e. The van der Waals surface area contributed by atoms with Gasteiger partial charge in [0.25, 0.3) is 0 Å². The molecule has 0 radical (unpaired) electrons. The highest BCUT2D eigenvalue weighted by Gasteiger charge is 1.82. The summed E-state index contributed by atoms with van der Waals surface area (Å²) in [6.45, 7) is 1.84. The van der Waals surface area contributed by atoms with Crippen molar-refractivity contribution in [3.05, 3.63) is 12.1 Å². The van der Waals surface area contributed by atoms with Crippen molar-refractivity contribution in [1.82, 2.24) is 0 Å². The van der Waals surface area contributed by atoms with Crippen molar-refractivity contribution in [1.29, 1.82) is 0 Å². The number of aliphatic hydroxyl groups excluding tert-OH is 1. The predicted molar refractivity (Wildman–Crippen MR) is 45.0 cm³/mol. The molecule has 0 aliphatic carbocycles. The van der Waals surface area contributed by atoms with Crippen LogP contribution in [0.15, 0.2) is 12.1 Å². The summed E-state index contributed by atoms with van der Waals surface area (Å²) in [7, 11) is 0. The lowest BCUT2D eigenvalue weighted by atomic mass is 10.1. The van der Waals surface area contributed by atoms with Gasteiger partial charge in [-0.05, 0) is 12.8 Å². The zero-order chi connectivity index (χ0) is 9.40. The summed E-state index contributed by atoms with van der Waals surface area (Å²) in [5.74, 6) is 0. The fourth-order valence-electron chi connectivity index (χ4n) is 0.784. The van der Waals surface area contributed by atoms with Gasteiger partial charge in [0.1, 0.15) is 0 Å². The Morgan fingerprint density at radius 2 is 2.10 bits per heavy atom. The van der Waals surface area contributed by atoms with Crippen LogP contribution in [0.4, 0.5) is 0 Å². The molecule has 0 amide bonds. The zero-order valence-corrected chi connectivity index (χ0v) is 6.69. The average molecular weight is 144 g/mol. The third-order valence-corrected chi connectivity index (χ3v) is 1.36. The Morgan fingerprint density at radius 1 is 1.30 bits per heavy atom. The van der Waals surface area contributed by atoms with Crippen LogP contribution in [0.3, 0.4) is 0 Å². The number of hydrogen-bond donors (Lipinski definition) is 1. The first kappa shape index (κ1) is 6.41. The molecule has 0 aromatic heterocycles. The van der Waals surface area contributed by atoms with E-state index in [1.165, 1.54) is 12.8 Å². The summed E-state index contributed by atoms with van der Waals surface area (Å²) in [4.78, 5) is 0. The maximum atomic E-state index is 8.54. The molecule has 0 atom stereocenters. The van der Waals surface area contributed by atoms with Gasteiger partial charge >= 0.3 is 0 Å². The monoisotopic (exact) mass is 144 g/mol. The van der Waals surface area contributed by atoms with Gasteiger partial charge in [-0.25, -0.2) is 0 Å². The van der Waals surface area contributed by atoms with Gasteiger partial charge in [0.05, 0.1) is 9.35 Å². The number of rotatable bonds is 6. The molecule has 0 rings (SSSR count). The maximum absolute atomic E-state index is 8.54. The highest BCUT2D eigenvalue weighted by atomic mass is 16.2. The second kappa shape index (κ2) is 8.70.